The average Bonchev–Trinajstić information content (AvgIpc) is 3.28. The van der Waals surface area contributed by atoms with Crippen molar-refractivity contribution in [1.82, 2.24) is 0 Å². The Morgan fingerprint density at radius 1 is 0.544 bits per heavy atom. The van der Waals surface area contributed by atoms with Gasteiger partial charge in [-0.3, -0.25) is 14.4 Å². The van der Waals surface area contributed by atoms with Gasteiger partial charge in [-0.15, -0.1) is 0 Å². The molecule has 0 amide bonds. The third-order valence-electron chi connectivity index (χ3n) is 13.5. The molecular formula is C48H82O20. The second kappa shape index (κ2) is 26.5. The van der Waals surface area contributed by atoms with Crippen molar-refractivity contribution in [1.29, 1.82) is 0 Å². The maximum absolute atomic E-state index is 13.6. The third-order valence-corrected chi connectivity index (χ3v) is 13.5. The maximum Gasteiger partial charge on any atom is 0.308 e. The Labute approximate surface area is 400 Å². The SMILES string of the molecule is CCCCC[C@H]1CCCCCCCCCC(=O)O[C@H]2[C@@H](O)[C@H](O[C@@H]3[C@@H](O)[C@@H](O)[C@H](O1)O[C@H]3C)O[C@@H](C)[C@@H]2O[C@@H]1O[C@@H](C)[C@H](O[C@@H]2O[C@@H](C)[C@H](O)[C@@H](OC(=O)C(C)C)[C@H]2O)[C@@H](OC(=O)C(C)C)[C@H]1O. The predicted octanol–water partition coefficient (Wildman–Crippen LogP) is 2.82. The number of rotatable bonds is 12. The van der Waals surface area contributed by atoms with Gasteiger partial charge in [0.15, 0.2) is 43.5 Å². The van der Waals surface area contributed by atoms with Crippen LogP contribution in [0.2, 0.25) is 0 Å². The van der Waals surface area contributed by atoms with Crippen LogP contribution in [0, 0.1) is 11.8 Å². The Bertz CT molecular complexity index is 1550. The summed E-state index contributed by atoms with van der Waals surface area (Å²) in [4.78, 5) is 39.3. The highest BCUT2D eigenvalue weighted by Gasteiger charge is 2.56. The molecule has 6 aliphatic rings. The molecule has 21 atom stereocenters. The molecule has 0 saturated carbocycles. The zero-order chi connectivity index (χ0) is 50.0. The van der Waals surface area contributed by atoms with Crippen LogP contribution in [-0.4, -0.2) is 177 Å². The van der Waals surface area contributed by atoms with Crippen molar-refractivity contribution >= 4 is 17.9 Å². The molecule has 6 aliphatic heterocycles. The molecule has 6 N–H and O–H groups in total. The molecule has 20 nitrogen and oxygen atoms in total. The minimum atomic E-state index is -1.82. The number of hydrogen-bond donors (Lipinski definition) is 6. The van der Waals surface area contributed by atoms with Gasteiger partial charge >= 0.3 is 17.9 Å². The summed E-state index contributed by atoms with van der Waals surface area (Å²) < 4.78 is 66.6. The first kappa shape index (κ1) is 56.8. The summed E-state index contributed by atoms with van der Waals surface area (Å²) in [5.41, 5.74) is 0. The first-order valence-corrected chi connectivity index (χ1v) is 25.2. The van der Waals surface area contributed by atoms with Gasteiger partial charge in [-0.05, 0) is 47.0 Å². The summed E-state index contributed by atoms with van der Waals surface area (Å²) >= 11 is 0. The predicted molar refractivity (Wildman–Crippen MR) is 238 cm³/mol. The van der Waals surface area contributed by atoms with E-state index < -0.39 is 153 Å². The van der Waals surface area contributed by atoms with Gasteiger partial charge in [0, 0.05) is 6.42 Å². The number of ether oxygens (including phenoxy) is 11. The fraction of sp³-hybridized carbons (Fsp3) is 0.938. The standard InChI is InChI=1S/C48H82O20/c1-10-11-17-20-29-21-18-15-13-12-14-16-19-22-30(49)63-41-35(54)47(66-37-26(7)59-45(62-29)33(52)32(37)51)60-27(8)38(41)67-48-36(55)42(65-44(57)24(4)5)39(28(9)61-48)68-46-34(53)40(31(50)25(6)58-46)64-43(56)23(2)3/h23-29,31-42,45-48,50-55H,10-22H2,1-9H3/t25-,26-,27-,28-,29-,31-,32-,33+,34+,35+,36+,37-,38-,39-,40+,41-,42-,45-,46-,47-,48-/m0/s1. The molecule has 0 spiro atoms. The fourth-order valence-electron chi connectivity index (χ4n) is 9.23. The van der Waals surface area contributed by atoms with E-state index >= 15 is 0 Å². The topological polar surface area (TPSA) is 274 Å². The lowest BCUT2D eigenvalue weighted by Crippen LogP contribution is -2.67. The van der Waals surface area contributed by atoms with Gasteiger partial charge in [-0.2, -0.15) is 0 Å². The molecule has 6 fully saturated rings. The molecule has 6 rings (SSSR count). The first-order valence-electron chi connectivity index (χ1n) is 25.2. The highest BCUT2D eigenvalue weighted by atomic mass is 16.8. The molecule has 0 unspecified atom stereocenters. The van der Waals surface area contributed by atoms with E-state index in [1.807, 2.05) is 0 Å². The van der Waals surface area contributed by atoms with Crippen LogP contribution < -0.4 is 0 Å². The fourth-order valence-corrected chi connectivity index (χ4v) is 9.23. The van der Waals surface area contributed by atoms with Crippen molar-refractivity contribution in [2.24, 2.45) is 11.8 Å². The van der Waals surface area contributed by atoms with Crippen LogP contribution in [0.4, 0.5) is 0 Å². The molecule has 68 heavy (non-hydrogen) atoms. The summed E-state index contributed by atoms with van der Waals surface area (Å²) in [6.45, 7) is 14.7. The normalized spacial score (nSPS) is 42.8. The van der Waals surface area contributed by atoms with Crippen LogP contribution >= 0.6 is 0 Å². The number of hydrogen-bond acceptors (Lipinski definition) is 20. The van der Waals surface area contributed by atoms with Crippen LogP contribution in [0.15, 0.2) is 0 Å². The Balaban J connectivity index is 1.37. The van der Waals surface area contributed by atoms with Crippen molar-refractivity contribution in [2.45, 2.75) is 275 Å². The molecule has 0 aromatic heterocycles. The van der Waals surface area contributed by atoms with E-state index in [-0.39, 0.29) is 12.5 Å². The average molecular weight is 979 g/mol. The summed E-state index contributed by atoms with van der Waals surface area (Å²) in [5.74, 6) is -3.29. The lowest BCUT2D eigenvalue weighted by atomic mass is 9.95. The number of carbonyl (C=O) groups excluding carboxylic acids is 3. The molecule has 0 radical (unpaired) electrons. The molecular weight excluding hydrogens is 897 g/mol. The van der Waals surface area contributed by atoms with Crippen molar-refractivity contribution < 1.29 is 97.1 Å². The number of esters is 3. The summed E-state index contributed by atoms with van der Waals surface area (Å²) in [6, 6.07) is 0. The molecule has 0 aromatic rings. The Morgan fingerprint density at radius 2 is 1.07 bits per heavy atom. The number of aliphatic hydroxyl groups is 6. The van der Waals surface area contributed by atoms with Crippen molar-refractivity contribution in [3.05, 3.63) is 0 Å². The molecule has 4 bridgehead atoms. The molecule has 6 saturated heterocycles. The Morgan fingerprint density at radius 3 is 1.71 bits per heavy atom. The minimum Gasteiger partial charge on any atom is -0.456 e. The van der Waals surface area contributed by atoms with Crippen molar-refractivity contribution in [2.75, 3.05) is 0 Å². The van der Waals surface area contributed by atoms with E-state index in [1.54, 1.807) is 41.5 Å². The van der Waals surface area contributed by atoms with Crippen LogP contribution in [0.1, 0.15) is 146 Å². The van der Waals surface area contributed by atoms with Gasteiger partial charge < -0.3 is 82.7 Å². The van der Waals surface area contributed by atoms with E-state index in [4.69, 9.17) is 52.1 Å². The van der Waals surface area contributed by atoms with Crippen LogP contribution in [0.5, 0.6) is 0 Å². The number of fused-ring (bicyclic) bond motifs is 14. The molecule has 0 aromatic carbocycles. The first-order chi connectivity index (χ1) is 32.2. The second-order valence-electron chi connectivity index (χ2n) is 19.9. The number of unbranched alkanes of at least 4 members (excludes halogenated alkanes) is 2. The summed E-state index contributed by atoms with van der Waals surface area (Å²) in [6.07, 6.45) is -17.5. The minimum absolute atomic E-state index is 0.0291. The van der Waals surface area contributed by atoms with Gasteiger partial charge in [-0.25, -0.2) is 0 Å². The van der Waals surface area contributed by atoms with Crippen molar-refractivity contribution in [3.63, 3.8) is 0 Å². The van der Waals surface area contributed by atoms with E-state index in [0.717, 1.165) is 70.6 Å². The molecule has 20 heteroatoms. The molecule has 0 aliphatic carbocycles. The van der Waals surface area contributed by atoms with Crippen LogP contribution in [0.25, 0.3) is 0 Å². The lowest BCUT2D eigenvalue weighted by Gasteiger charge is -2.49. The summed E-state index contributed by atoms with van der Waals surface area (Å²) in [7, 11) is 0. The van der Waals surface area contributed by atoms with Crippen LogP contribution in [-0.2, 0) is 66.5 Å². The Kier molecular flexibility index (Phi) is 22.1. The van der Waals surface area contributed by atoms with Crippen LogP contribution in [0.3, 0.4) is 0 Å². The van der Waals surface area contributed by atoms with E-state index in [1.165, 1.54) is 13.8 Å². The lowest BCUT2D eigenvalue weighted by molar-refractivity contribution is -0.383. The Hall–Kier alpha value is -2.15. The highest BCUT2D eigenvalue weighted by molar-refractivity contribution is 5.72. The van der Waals surface area contributed by atoms with Gasteiger partial charge in [0.05, 0.1) is 42.4 Å². The van der Waals surface area contributed by atoms with E-state index in [0.29, 0.717) is 6.42 Å². The van der Waals surface area contributed by atoms with E-state index in [9.17, 15) is 45.0 Å². The highest BCUT2D eigenvalue weighted by Crippen LogP contribution is 2.37. The second-order valence-corrected chi connectivity index (χ2v) is 19.9. The van der Waals surface area contributed by atoms with Gasteiger partial charge in [0.25, 0.3) is 0 Å². The largest absolute Gasteiger partial charge is 0.456 e. The molecule has 6 heterocycles. The molecule has 394 valence electrons. The van der Waals surface area contributed by atoms with Crippen molar-refractivity contribution in [3.8, 4) is 0 Å². The quantitative estimate of drug-likeness (QED) is 0.0932. The maximum atomic E-state index is 13.6. The zero-order valence-corrected chi connectivity index (χ0v) is 41.4. The van der Waals surface area contributed by atoms with Gasteiger partial charge in [0.2, 0.25) is 0 Å². The summed E-state index contributed by atoms with van der Waals surface area (Å²) in [5, 5.41) is 68.9. The zero-order valence-electron chi connectivity index (χ0n) is 41.4. The van der Waals surface area contributed by atoms with Gasteiger partial charge in [-0.1, -0.05) is 92.4 Å². The van der Waals surface area contributed by atoms with E-state index in [2.05, 4.69) is 6.92 Å². The number of carbonyl (C=O) groups is 3. The number of aliphatic hydroxyl groups excluding tert-OH is 6. The third kappa shape index (κ3) is 14.7. The monoisotopic (exact) mass is 979 g/mol. The van der Waals surface area contributed by atoms with Gasteiger partial charge in [0.1, 0.15) is 54.9 Å². The smallest absolute Gasteiger partial charge is 0.308 e.